The smallest absolute Gasteiger partial charge is 0.262 e. The zero-order valence-corrected chi connectivity index (χ0v) is 21.3. The average molecular weight is 522 g/mol. The second-order valence-corrected chi connectivity index (χ2v) is 9.72. The van der Waals surface area contributed by atoms with E-state index in [2.05, 4.69) is 22.0 Å². The van der Waals surface area contributed by atoms with Crippen molar-refractivity contribution in [1.82, 2.24) is 29.4 Å². The topological polar surface area (TPSA) is 113 Å². The molecule has 0 bridgehead atoms. The fourth-order valence-electron chi connectivity index (χ4n) is 5.22. The highest BCUT2D eigenvalue weighted by molar-refractivity contribution is 6.22. The van der Waals surface area contributed by atoms with Gasteiger partial charge in [-0.25, -0.2) is 4.98 Å². The van der Waals surface area contributed by atoms with Gasteiger partial charge in [0.1, 0.15) is 12.4 Å². The van der Waals surface area contributed by atoms with Crippen molar-refractivity contribution < 1.29 is 14.4 Å². The van der Waals surface area contributed by atoms with Crippen LogP contribution in [0.1, 0.15) is 56.3 Å². The molecule has 1 saturated heterocycles. The average Bonchev–Trinajstić information content (AvgIpc) is 3.51. The maximum absolute atomic E-state index is 13.1. The number of carbonyl (C=O) groups is 3. The van der Waals surface area contributed by atoms with Crippen molar-refractivity contribution in [3.8, 4) is 0 Å². The van der Waals surface area contributed by atoms with Crippen molar-refractivity contribution in [2.24, 2.45) is 0 Å². The van der Waals surface area contributed by atoms with Crippen molar-refractivity contribution in [2.75, 3.05) is 25.0 Å². The van der Waals surface area contributed by atoms with E-state index in [9.17, 15) is 14.4 Å². The number of piperidine rings is 1. The minimum atomic E-state index is -0.415. The summed E-state index contributed by atoms with van der Waals surface area (Å²) in [5.74, 6) is -0.0983. The summed E-state index contributed by atoms with van der Waals surface area (Å²) < 4.78 is 1.78. The SMILES string of the molecule is C=Cc1cnn2c(NCc3cccnc3)cc(C3CCN(C(=O)CN4C(=O)c5ccccc5C4=O)CC3)nc12. The van der Waals surface area contributed by atoms with E-state index >= 15 is 0 Å². The third kappa shape index (κ3) is 4.54. The number of hydrogen-bond acceptors (Lipinski definition) is 7. The number of hydrogen-bond donors (Lipinski definition) is 1. The molecule has 0 saturated carbocycles. The predicted octanol–water partition coefficient (Wildman–Crippen LogP) is 3.38. The number of anilines is 1. The number of carbonyl (C=O) groups excluding carboxylic acids is 3. The van der Waals surface area contributed by atoms with Crippen molar-refractivity contribution in [1.29, 1.82) is 0 Å². The third-order valence-electron chi connectivity index (χ3n) is 7.37. The van der Waals surface area contributed by atoms with E-state index in [1.54, 1.807) is 52.2 Å². The van der Waals surface area contributed by atoms with Gasteiger partial charge in [-0.05, 0) is 36.6 Å². The van der Waals surface area contributed by atoms with Crippen LogP contribution in [0.3, 0.4) is 0 Å². The Balaban J connectivity index is 1.15. The summed E-state index contributed by atoms with van der Waals surface area (Å²) in [6, 6.07) is 12.6. The van der Waals surface area contributed by atoms with Crippen LogP contribution in [0, 0.1) is 0 Å². The first-order valence-electron chi connectivity index (χ1n) is 12.9. The van der Waals surface area contributed by atoms with Crippen LogP contribution in [-0.4, -0.2) is 66.7 Å². The summed E-state index contributed by atoms with van der Waals surface area (Å²) in [6.45, 7) is 5.27. The molecule has 1 fully saturated rings. The van der Waals surface area contributed by atoms with Gasteiger partial charge in [0.15, 0.2) is 5.65 Å². The molecule has 10 nitrogen and oxygen atoms in total. The Kier molecular flexibility index (Phi) is 6.36. The molecule has 10 heteroatoms. The number of nitrogens with one attached hydrogen (secondary N) is 1. The van der Waals surface area contributed by atoms with Crippen molar-refractivity contribution in [2.45, 2.75) is 25.3 Å². The van der Waals surface area contributed by atoms with E-state index in [0.717, 1.165) is 46.0 Å². The van der Waals surface area contributed by atoms with Crippen LogP contribution in [0.2, 0.25) is 0 Å². The first-order chi connectivity index (χ1) is 19.0. The van der Waals surface area contributed by atoms with E-state index < -0.39 is 11.8 Å². The molecule has 0 unspecified atom stereocenters. The van der Waals surface area contributed by atoms with Gasteiger partial charge in [0, 0.05) is 55.3 Å². The first-order valence-corrected chi connectivity index (χ1v) is 12.9. The van der Waals surface area contributed by atoms with Crippen molar-refractivity contribution >= 4 is 35.3 Å². The zero-order chi connectivity index (χ0) is 26.9. The standard InChI is InChI=1S/C29H27N7O3/c1-2-20-17-32-36-25(31-16-19-6-5-11-30-15-19)14-24(33-27(20)36)21-9-12-34(13-10-21)26(37)18-35-28(38)22-7-3-4-8-23(22)29(35)39/h2-8,11,14-15,17,21,31H,1,9-10,12-13,16,18H2. The van der Waals surface area contributed by atoms with E-state index in [1.807, 2.05) is 24.4 Å². The molecule has 39 heavy (non-hydrogen) atoms. The van der Waals surface area contributed by atoms with E-state index in [0.29, 0.717) is 30.8 Å². The summed E-state index contributed by atoms with van der Waals surface area (Å²) in [5.41, 5.74) is 4.23. The van der Waals surface area contributed by atoms with E-state index in [-0.39, 0.29) is 18.4 Å². The molecule has 4 aromatic rings. The van der Waals surface area contributed by atoms with Crippen LogP contribution in [0.25, 0.3) is 11.7 Å². The van der Waals surface area contributed by atoms with Gasteiger partial charge in [0.05, 0.1) is 17.3 Å². The Bertz CT molecular complexity index is 1550. The Morgan fingerprint density at radius 1 is 1.05 bits per heavy atom. The molecule has 6 rings (SSSR count). The number of rotatable bonds is 7. The summed E-state index contributed by atoms with van der Waals surface area (Å²) >= 11 is 0. The third-order valence-corrected chi connectivity index (χ3v) is 7.37. The number of fused-ring (bicyclic) bond motifs is 2. The minimum absolute atomic E-state index is 0.143. The summed E-state index contributed by atoms with van der Waals surface area (Å²) in [6.07, 6.45) is 8.49. The van der Waals surface area contributed by atoms with Crippen molar-refractivity contribution in [3.63, 3.8) is 0 Å². The van der Waals surface area contributed by atoms with Crippen LogP contribution in [0.5, 0.6) is 0 Å². The molecule has 0 aliphatic carbocycles. The van der Waals surface area contributed by atoms with Gasteiger partial charge in [-0.15, -0.1) is 0 Å². The zero-order valence-electron chi connectivity index (χ0n) is 21.3. The predicted molar refractivity (Wildman–Crippen MR) is 145 cm³/mol. The lowest BCUT2D eigenvalue weighted by Gasteiger charge is -2.32. The monoisotopic (exact) mass is 521 g/mol. The largest absolute Gasteiger partial charge is 0.366 e. The quantitative estimate of drug-likeness (QED) is 0.371. The summed E-state index contributed by atoms with van der Waals surface area (Å²) in [5, 5.41) is 7.95. The highest BCUT2D eigenvalue weighted by atomic mass is 16.2. The van der Waals surface area contributed by atoms with E-state index in [1.165, 1.54) is 0 Å². The van der Waals surface area contributed by atoms with Crippen LogP contribution >= 0.6 is 0 Å². The lowest BCUT2D eigenvalue weighted by Crippen LogP contribution is -2.45. The van der Waals surface area contributed by atoms with Crippen molar-refractivity contribution in [3.05, 3.63) is 95.6 Å². The molecule has 0 spiro atoms. The maximum Gasteiger partial charge on any atom is 0.262 e. The molecular weight excluding hydrogens is 494 g/mol. The molecule has 3 aromatic heterocycles. The second kappa shape index (κ2) is 10.1. The lowest BCUT2D eigenvalue weighted by atomic mass is 9.93. The van der Waals surface area contributed by atoms with Gasteiger partial charge < -0.3 is 10.2 Å². The molecule has 1 aromatic carbocycles. The summed E-state index contributed by atoms with van der Waals surface area (Å²) in [4.78, 5) is 50.3. The molecular formula is C29H27N7O3. The number of aromatic nitrogens is 4. The number of likely N-dealkylation sites (tertiary alicyclic amines) is 1. The number of imide groups is 1. The van der Waals surface area contributed by atoms with Crippen LogP contribution in [0.15, 0.2) is 67.6 Å². The second-order valence-electron chi connectivity index (χ2n) is 9.72. The fraction of sp³-hybridized carbons (Fsp3) is 0.241. The Morgan fingerprint density at radius 3 is 2.46 bits per heavy atom. The fourth-order valence-corrected chi connectivity index (χ4v) is 5.22. The van der Waals surface area contributed by atoms with E-state index in [4.69, 9.17) is 4.98 Å². The molecule has 5 heterocycles. The molecule has 0 radical (unpaired) electrons. The van der Waals surface area contributed by atoms with Gasteiger partial charge in [-0.3, -0.25) is 24.3 Å². The Morgan fingerprint density at radius 2 is 1.79 bits per heavy atom. The normalized spacial score (nSPS) is 15.6. The van der Waals surface area contributed by atoms with Gasteiger partial charge in [-0.1, -0.05) is 30.9 Å². The number of pyridine rings is 1. The van der Waals surface area contributed by atoms with Crippen LogP contribution in [-0.2, 0) is 11.3 Å². The van der Waals surface area contributed by atoms with Gasteiger partial charge >= 0.3 is 0 Å². The highest BCUT2D eigenvalue weighted by Gasteiger charge is 2.37. The molecule has 196 valence electrons. The molecule has 2 aliphatic rings. The molecule has 1 N–H and O–H groups in total. The minimum Gasteiger partial charge on any atom is -0.366 e. The Hall–Kier alpha value is -4.86. The number of benzene rings is 1. The first kappa shape index (κ1) is 24.5. The van der Waals surface area contributed by atoms with Crippen LogP contribution < -0.4 is 5.32 Å². The number of nitrogens with zero attached hydrogens (tertiary/aromatic N) is 6. The lowest BCUT2D eigenvalue weighted by molar-refractivity contribution is -0.132. The molecule has 0 atom stereocenters. The Labute approximate surface area is 225 Å². The van der Waals surface area contributed by atoms with Crippen LogP contribution in [0.4, 0.5) is 5.82 Å². The summed E-state index contributed by atoms with van der Waals surface area (Å²) in [7, 11) is 0. The highest BCUT2D eigenvalue weighted by Crippen LogP contribution is 2.30. The van der Waals surface area contributed by atoms with Gasteiger partial charge in [0.25, 0.3) is 11.8 Å². The maximum atomic E-state index is 13.1. The van der Waals surface area contributed by atoms with Gasteiger partial charge in [0.2, 0.25) is 5.91 Å². The molecule has 2 aliphatic heterocycles. The molecule has 3 amide bonds. The van der Waals surface area contributed by atoms with Gasteiger partial charge in [-0.2, -0.15) is 9.61 Å². The number of amides is 3.